The normalized spacial score (nSPS) is 15.8. The number of hydrogen-bond donors (Lipinski definition) is 1. The Balaban J connectivity index is 1.64. The molecule has 0 radical (unpaired) electrons. The van der Waals surface area contributed by atoms with E-state index in [2.05, 4.69) is 10.5 Å². The summed E-state index contributed by atoms with van der Waals surface area (Å²) < 4.78 is 11.1. The van der Waals surface area contributed by atoms with Crippen molar-refractivity contribution < 1.29 is 14.1 Å². The van der Waals surface area contributed by atoms with Gasteiger partial charge < -0.3 is 14.6 Å². The fourth-order valence-electron chi connectivity index (χ4n) is 4.25. The number of anilines is 1. The fourth-order valence-corrected chi connectivity index (χ4v) is 4.25. The number of benzene rings is 3. The van der Waals surface area contributed by atoms with E-state index in [0.29, 0.717) is 17.5 Å². The summed E-state index contributed by atoms with van der Waals surface area (Å²) in [4.78, 5) is 19.7. The number of hydrogen-bond acceptors (Lipinski definition) is 5. The molecule has 2 amide bonds. The standard InChI is InChI=1S/C28H26N4O3/c1-17-8-12-20(13-9-17)25-24(19(3)32(28(33)29-25)22-14-10-18(2)11-15-22)27-30-26(31-35-27)21-6-5-7-23(16-21)34-4/h5-16,25H,1-4H3,(H,29,33). The van der Waals surface area contributed by atoms with Gasteiger partial charge in [-0.15, -0.1) is 0 Å². The van der Waals surface area contributed by atoms with Crippen LogP contribution in [0.1, 0.15) is 35.5 Å². The smallest absolute Gasteiger partial charge is 0.326 e. The van der Waals surface area contributed by atoms with Gasteiger partial charge in [-0.05, 0) is 50.6 Å². The molecule has 35 heavy (non-hydrogen) atoms. The Morgan fingerprint density at radius 3 is 2.31 bits per heavy atom. The third-order valence-electron chi connectivity index (χ3n) is 6.17. The lowest BCUT2D eigenvalue weighted by Gasteiger charge is -2.35. The number of carbonyl (C=O) groups excluding carboxylic acids is 1. The molecule has 1 atom stereocenters. The second kappa shape index (κ2) is 9.10. The van der Waals surface area contributed by atoms with Crippen LogP contribution in [0.4, 0.5) is 10.5 Å². The molecule has 0 aliphatic carbocycles. The summed E-state index contributed by atoms with van der Waals surface area (Å²) in [5.41, 5.74) is 6.20. The second-order valence-corrected chi connectivity index (χ2v) is 8.62. The average molecular weight is 467 g/mol. The highest BCUT2D eigenvalue weighted by Gasteiger charge is 2.36. The summed E-state index contributed by atoms with van der Waals surface area (Å²) in [5.74, 6) is 1.50. The first-order chi connectivity index (χ1) is 16.9. The van der Waals surface area contributed by atoms with Gasteiger partial charge in [0.05, 0.1) is 24.4 Å². The zero-order chi connectivity index (χ0) is 24.5. The molecule has 7 heteroatoms. The van der Waals surface area contributed by atoms with Crippen molar-refractivity contribution in [3.63, 3.8) is 0 Å². The Morgan fingerprint density at radius 2 is 1.63 bits per heavy atom. The van der Waals surface area contributed by atoms with Crippen LogP contribution in [0.25, 0.3) is 17.0 Å². The van der Waals surface area contributed by atoms with E-state index in [-0.39, 0.29) is 6.03 Å². The van der Waals surface area contributed by atoms with Crippen LogP contribution in [0.3, 0.4) is 0 Å². The van der Waals surface area contributed by atoms with Crippen LogP contribution < -0.4 is 15.0 Å². The molecule has 1 aromatic heterocycles. The Morgan fingerprint density at radius 1 is 0.943 bits per heavy atom. The molecule has 1 aliphatic heterocycles. The molecule has 3 aromatic carbocycles. The maximum atomic E-state index is 13.3. The molecule has 4 aromatic rings. The Hall–Kier alpha value is -4.39. The molecule has 176 valence electrons. The number of aromatic nitrogens is 2. The molecule has 0 saturated carbocycles. The molecule has 7 nitrogen and oxygen atoms in total. The number of rotatable bonds is 5. The summed E-state index contributed by atoms with van der Waals surface area (Å²) >= 11 is 0. The summed E-state index contributed by atoms with van der Waals surface area (Å²) in [5, 5.41) is 7.38. The van der Waals surface area contributed by atoms with E-state index in [1.54, 1.807) is 12.0 Å². The maximum Gasteiger partial charge on any atom is 0.326 e. The topological polar surface area (TPSA) is 80.5 Å². The van der Waals surface area contributed by atoms with Crippen molar-refractivity contribution in [2.45, 2.75) is 26.8 Å². The van der Waals surface area contributed by atoms with Gasteiger partial charge in [0.2, 0.25) is 5.82 Å². The number of urea groups is 1. The number of nitrogens with zero attached hydrogens (tertiary/aromatic N) is 3. The quantitative estimate of drug-likeness (QED) is 0.386. The largest absolute Gasteiger partial charge is 0.497 e. The predicted molar refractivity (Wildman–Crippen MR) is 135 cm³/mol. The van der Waals surface area contributed by atoms with Gasteiger partial charge in [0.1, 0.15) is 5.75 Å². The van der Waals surface area contributed by atoms with E-state index in [1.807, 2.05) is 93.6 Å². The van der Waals surface area contributed by atoms with Crippen LogP contribution in [0.5, 0.6) is 5.75 Å². The van der Waals surface area contributed by atoms with E-state index in [4.69, 9.17) is 14.2 Å². The van der Waals surface area contributed by atoms with Crippen LogP contribution in [-0.2, 0) is 0 Å². The zero-order valence-corrected chi connectivity index (χ0v) is 20.1. The molecular weight excluding hydrogens is 440 g/mol. The van der Waals surface area contributed by atoms with E-state index >= 15 is 0 Å². The Kier molecular flexibility index (Phi) is 5.82. The van der Waals surface area contributed by atoms with Gasteiger partial charge in [0.25, 0.3) is 5.89 Å². The third-order valence-corrected chi connectivity index (χ3v) is 6.17. The van der Waals surface area contributed by atoms with Gasteiger partial charge in [0.15, 0.2) is 0 Å². The van der Waals surface area contributed by atoms with Crippen molar-refractivity contribution in [1.82, 2.24) is 15.5 Å². The van der Waals surface area contributed by atoms with E-state index in [1.165, 1.54) is 0 Å². The molecule has 0 bridgehead atoms. The molecule has 0 fully saturated rings. The molecule has 0 spiro atoms. The van der Waals surface area contributed by atoms with E-state index in [9.17, 15) is 4.79 Å². The van der Waals surface area contributed by atoms with Gasteiger partial charge in [-0.2, -0.15) is 4.98 Å². The lowest BCUT2D eigenvalue weighted by Crippen LogP contribution is -2.46. The highest BCUT2D eigenvalue weighted by Crippen LogP contribution is 2.39. The number of aryl methyl sites for hydroxylation is 2. The maximum absolute atomic E-state index is 13.3. The highest BCUT2D eigenvalue weighted by atomic mass is 16.5. The summed E-state index contributed by atoms with van der Waals surface area (Å²) in [6.07, 6.45) is 0. The minimum absolute atomic E-state index is 0.215. The number of nitrogens with one attached hydrogen (secondary N) is 1. The Bertz CT molecular complexity index is 1400. The van der Waals surface area contributed by atoms with Crippen molar-refractivity contribution in [2.24, 2.45) is 0 Å². The van der Waals surface area contributed by atoms with Crippen LogP contribution in [0.15, 0.2) is 83.0 Å². The summed E-state index contributed by atoms with van der Waals surface area (Å²) in [7, 11) is 1.62. The van der Waals surface area contributed by atoms with Crippen molar-refractivity contribution in [2.75, 3.05) is 12.0 Å². The van der Waals surface area contributed by atoms with Crippen LogP contribution in [0.2, 0.25) is 0 Å². The number of amides is 2. The number of methoxy groups -OCH3 is 1. The van der Waals surface area contributed by atoms with E-state index in [0.717, 1.165) is 39.2 Å². The van der Waals surface area contributed by atoms with Crippen LogP contribution in [-0.4, -0.2) is 23.3 Å². The highest BCUT2D eigenvalue weighted by molar-refractivity contribution is 6.01. The molecule has 1 unspecified atom stereocenters. The summed E-state index contributed by atoms with van der Waals surface area (Å²) in [6.45, 7) is 5.95. The van der Waals surface area contributed by atoms with Gasteiger partial charge in [-0.1, -0.05) is 64.8 Å². The van der Waals surface area contributed by atoms with Gasteiger partial charge in [0, 0.05) is 11.3 Å². The molecule has 1 aliphatic rings. The fraction of sp³-hybridized carbons (Fsp3) is 0.179. The van der Waals surface area contributed by atoms with Crippen molar-refractivity contribution in [3.8, 4) is 17.1 Å². The van der Waals surface area contributed by atoms with Gasteiger partial charge >= 0.3 is 6.03 Å². The first-order valence-electron chi connectivity index (χ1n) is 11.4. The molecule has 2 heterocycles. The van der Waals surface area contributed by atoms with Crippen LogP contribution in [0, 0.1) is 13.8 Å². The predicted octanol–water partition coefficient (Wildman–Crippen LogP) is 6.06. The first kappa shape index (κ1) is 22.4. The molecule has 0 saturated heterocycles. The first-order valence-corrected chi connectivity index (χ1v) is 11.4. The van der Waals surface area contributed by atoms with Crippen molar-refractivity contribution in [3.05, 3.63) is 101 Å². The third kappa shape index (κ3) is 4.28. The molecule has 5 rings (SSSR count). The monoisotopic (exact) mass is 466 g/mol. The lowest BCUT2D eigenvalue weighted by molar-refractivity contribution is 0.244. The minimum Gasteiger partial charge on any atom is -0.497 e. The lowest BCUT2D eigenvalue weighted by atomic mass is 9.94. The molecular formula is C28H26N4O3. The van der Waals surface area contributed by atoms with Crippen molar-refractivity contribution >= 4 is 17.3 Å². The van der Waals surface area contributed by atoms with Gasteiger partial charge in [-0.3, -0.25) is 4.90 Å². The van der Waals surface area contributed by atoms with E-state index < -0.39 is 6.04 Å². The van der Waals surface area contributed by atoms with Crippen molar-refractivity contribution in [1.29, 1.82) is 0 Å². The summed E-state index contributed by atoms with van der Waals surface area (Å²) in [6, 6.07) is 22.7. The second-order valence-electron chi connectivity index (χ2n) is 8.62. The number of ether oxygens (including phenoxy) is 1. The SMILES string of the molecule is COc1cccc(-c2noc(C3=C(C)N(c4ccc(C)cc4)C(=O)NC3c3ccc(C)cc3)n2)c1. The zero-order valence-electron chi connectivity index (χ0n) is 20.1. The Labute approximate surface area is 204 Å². The molecule has 1 N–H and O–H groups in total. The average Bonchev–Trinajstić information content (AvgIpc) is 3.35. The number of carbonyl (C=O) groups is 1. The minimum atomic E-state index is -0.441. The number of allylic oxidation sites excluding steroid dienone is 1. The van der Waals surface area contributed by atoms with Gasteiger partial charge in [-0.25, -0.2) is 4.79 Å². The van der Waals surface area contributed by atoms with Crippen LogP contribution >= 0.6 is 0 Å².